The average Bonchev–Trinajstić information content (AvgIpc) is 2.75. The van der Waals surface area contributed by atoms with Gasteiger partial charge in [0.1, 0.15) is 5.82 Å². The molecule has 1 aliphatic rings. The molecule has 0 bridgehead atoms. The number of para-hydroxylation sites is 1. The molecule has 1 saturated heterocycles. The Morgan fingerprint density at radius 2 is 1.97 bits per heavy atom. The number of nitrogens with zero attached hydrogens (tertiary/aromatic N) is 4. The van der Waals surface area contributed by atoms with Crippen LogP contribution in [-0.4, -0.2) is 51.1 Å². The lowest BCUT2D eigenvalue weighted by atomic mass is 10.1. The fraction of sp³-hybridized carbons (Fsp3) is 0.348. The molecule has 0 aliphatic carbocycles. The van der Waals surface area contributed by atoms with Gasteiger partial charge in [-0.25, -0.2) is 9.78 Å². The number of urea groups is 1. The molecule has 8 heteroatoms. The zero-order valence-corrected chi connectivity index (χ0v) is 19.5. The van der Waals surface area contributed by atoms with Crippen LogP contribution in [0.4, 0.5) is 10.5 Å². The van der Waals surface area contributed by atoms with Gasteiger partial charge in [0.2, 0.25) is 0 Å². The van der Waals surface area contributed by atoms with Crippen LogP contribution < -0.4 is 10.9 Å². The van der Waals surface area contributed by atoms with Gasteiger partial charge in [0, 0.05) is 42.9 Å². The highest BCUT2D eigenvalue weighted by Gasteiger charge is 2.31. The number of carbonyl (C=O) groups is 1. The van der Waals surface area contributed by atoms with Crippen molar-refractivity contribution in [1.29, 1.82) is 0 Å². The number of benzene rings is 2. The monoisotopic (exact) mass is 483 g/mol. The molecule has 2 aromatic carbocycles. The first-order valence-corrected chi connectivity index (χ1v) is 11.2. The standard InChI is InChI=1S/C23H26BrN5O2/c1-15-14-28(11-12-29(15)23(31)25-18-8-6-7-17(24)13-18)16(2)21-26-20-10-5-4-9-19(20)22(30)27(21)3/h4-10,13,15-16H,11-12,14H2,1-3H3,(H,25,31). The van der Waals surface area contributed by atoms with Crippen LogP contribution >= 0.6 is 15.9 Å². The second kappa shape index (κ2) is 8.80. The quantitative estimate of drug-likeness (QED) is 0.611. The highest BCUT2D eigenvalue weighted by Crippen LogP contribution is 2.24. The summed E-state index contributed by atoms with van der Waals surface area (Å²) in [5.74, 6) is 0.739. The Labute approximate surface area is 189 Å². The SMILES string of the molecule is CC(c1nc2ccccc2c(=O)n1C)N1CCN(C(=O)Nc2cccc(Br)c2)C(C)C1. The van der Waals surface area contributed by atoms with Crippen LogP contribution in [0.25, 0.3) is 10.9 Å². The number of anilines is 1. The molecule has 4 rings (SSSR count). The Kier molecular flexibility index (Phi) is 6.11. The summed E-state index contributed by atoms with van der Waals surface area (Å²) in [6.45, 7) is 6.13. The lowest BCUT2D eigenvalue weighted by Gasteiger charge is -2.42. The normalized spacial score (nSPS) is 18.2. The number of fused-ring (bicyclic) bond motifs is 1. The van der Waals surface area contributed by atoms with Gasteiger partial charge in [0.05, 0.1) is 16.9 Å². The molecule has 0 spiro atoms. The van der Waals surface area contributed by atoms with Gasteiger partial charge in [0.25, 0.3) is 5.56 Å². The second-order valence-corrected chi connectivity index (χ2v) is 8.92. The first-order chi connectivity index (χ1) is 14.8. The van der Waals surface area contributed by atoms with Gasteiger partial charge in [-0.15, -0.1) is 0 Å². The van der Waals surface area contributed by atoms with Gasteiger partial charge in [0.15, 0.2) is 0 Å². The maximum absolute atomic E-state index is 12.8. The Bertz CT molecular complexity index is 1180. The third kappa shape index (κ3) is 4.36. The van der Waals surface area contributed by atoms with E-state index in [9.17, 15) is 9.59 Å². The maximum Gasteiger partial charge on any atom is 0.322 e. The Morgan fingerprint density at radius 3 is 2.71 bits per heavy atom. The van der Waals surface area contributed by atoms with Crippen molar-refractivity contribution in [3.05, 3.63) is 69.2 Å². The number of piperazine rings is 1. The predicted molar refractivity (Wildman–Crippen MR) is 126 cm³/mol. The van der Waals surface area contributed by atoms with Crippen LogP contribution in [0.5, 0.6) is 0 Å². The lowest BCUT2D eigenvalue weighted by molar-refractivity contribution is 0.0796. The zero-order chi connectivity index (χ0) is 22.1. The largest absolute Gasteiger partial charge is 0.322 e. The molecule has 162 valence electrons. The second-order valence-electron chi connectivity index (χ2n) is 8.01. The number of amides is 2. The van der Waals surface area contributed by atoms with Gasteiger partial charge in [-0.05, 0) is 44.2 Å². The summed E-state index contributed by atoms with van der Waals surface area (Å²) in [4.78, 5) is 34.5. The maximum atomic E-state index is 12.8. The topological polar surface area (TPSA) is 70.5 Å². The van der Waals surface area contributed by atoms with Crippen LogP contribution in [0, 0.1) is 0 Å². The summed E-state index contributed by atoms with van der Waals surface area (Å²) in [5, 5.41) is 3.60. The minimum atomic E-state index is -0.103. The summed E-state index contributed by atoms with van der Waals surface area (Å²) in [6.07, 6.45) is 0. The van der Waals surface area contributed by atoms with Gasteiger partial charge in [-0.1, -0.05) is 34.1 Å². The first-order valence-electron chi connectivity index (χ1n) is 10.4. The molecule has 3 aromatic rings. The van der Waals surface area contributed by atoms with E-state index in [1.54, 1.807) is 11.6 Å². The summed E-state index contributed by atoms with van der Waals surface area (Å²) >= 11 is 3.43. The van der Waals surface area contributed by atoms with Crippen LogP contribution in [-0.2, 0) is 7.05 Å². The molecular formula is C23H26BrN5O2. The molecule has 2 atom stereocenters. The zero-order valence-electron chi connectivity index (χ0n) is 17.9. The Hall–Kier alpha value is -2.71. The van der Waals surface area contributed by atoms with Crippen molar-refractivity contribution in [2.75, 3.05) is 25.0 Å². The minimum Gasteiger partial charge on any atom is -0.319 e. The molecule has 1 N–H and O–H groups in total. The van der Waals surface area contributed by atoms with Crippen molar-refractivity contribution >= 4 is 38.6 Å². The number of hydrogen-bond acceptors (Lipinski definition) is 4. The number of carbonyl (C=O) groups excluding carboxylic acids is 1. The number of nitrogens with one attached hydrogen (secondary N) is 1. The molecule has 1 aromatic heterocycles. The average molecular weight is 484 g/mol. The van der Waals surface area contributed by atoms with Crippen molar-refractivity contribution in [2.45, 2.75) is 25.9 Å². The highest BCUT2D eigenvalue weighted by atomic mass is 79.9. The summed E-state index contributed by atoms with van der Waals surface area (Å²) in [7, 11) is 1.78. The minimum absolute atomic E-state index is 0.0286. The summed E-state index contributed by atoms with van der Waals surface area (Å²) in [5.41, 5.74) is 1.44. The fourth-order valence-electron chi connectivity index (χ4n) is 4.17. The highest BCUT2D eigenvalue weighted by molar-refractivity contribution is 9.10. The van der Waals surface area contributed by atoms with E-state index in [1.807, 2.05) is 60.4 Å². The van der Waals surface area contributed by atoms with Crippen LogP contribution in [0.1, 0.15) is 25.7 Å². The van der Waals surface area contributed by atoms with Crippen LogP contribution in [0.3, 0.4) is 0 Å². The number of halogens is 1. The summed E-state index contributed by atoms with van der Waals surface area (Å²) < 4.78 is 2.56. The third-order valence-corrected chi connectivity index (χ3v) is 6.43. The van der Waals surface area contributed by atoms with Gasteiger partial charge >= 0.3 is 6.03 Å². The fourth-order valence-corrected chi connectivity index (χ4v) is 4.57. The van der Waals surface area contributed by atoms with Crippen LogP contribution in [0.15, 0.2) is 57.8 Å². The molecular weight excluding hydrogens is 458 g/mol. The molecule has 2 amide bonds. The van der Waals surface area contributed by atoms with Crippen molar-refractivity contribution in [1.82, 2.24) is 19.4 Å². The Balaban J connectivity index is 1.48. The van der Waals surface area contributed by atoms with E-state index in [0.717, 1.165) is 16.0 Å². The molecule has 1 fully saturated rings. The molecule has 7 nitrogen and oxygen atoms in total. The van der Waals surface area contributed by atoms with Crippen LogP contribution in [0.2, 0.25) is 0 Å². The Morgan fingerprint density at radius 1 is 1.19 bits per heavy atom. The van der Waals surface area contributed by atoms with E-state index < -0.39 is 0 Å². The number of hydrogen-bond donors (Lipinski definition) is 1. The summed E-state index contributed by atoms with van der Waals surface area (Å²) in [6, 6.07) is 14.9. The molecule has 31 heavy (non-hydrogen) atoms. The smallest absolute Gasteiger partial charge is 0.319 e. The van der Waals surface area contributed by atoms with E-state index in [0.29, 0.717) is 30.5 Å². The van der Waals surface area contributed by atoms with Gasteiger partial charge in [-0.3, -0.25) is 14.3 Å². The molecule has 0 saturated carbocycles. The van der Waals surface area contributed by atoms with Crippen molar-refractivity contribution in [2.24, 2.45) is 7.05 Å². The third-order valence-electron chi connectivity index (χ3n) is 5.93. The van der Waals surface area contributed by atoms with E-state index in [4.69, 9.17) is 4.98 Å². The molecule has 2 heterocycles. The van der Waals surface area contributed by atoms with Crippen molar-refractivity contribution in [3.63, 3.8) is 0 Å². The number of aromatic nitrogens is 2. The predicted octanol–water partition coefficient (Wildman–Crippen LogP) is 4.00. The molecule has 1 aliphatic heterocycles. The van der Waals surface area contributed by atoms with E-state index in [2.05, 4.69) is 33.1 Å². The number of rotatable bonds is 3. The lowest BCUT2D eigenvalue weighted by Crippen LogP contribution is -2.55. The van der Waals surface area contributed by atoms with E-state index in [1.165, 1.54) is 0 Å². The molecule has 0 radical (unpaired) electrons. The molecule has 2 unspecified atom stereocenters. The van der Waals surface area contributed by atoms with Crippen molar-refractivity contribution in [3.8, 4) is 0 Å². The first kappa shape index (κ1) is 21.5. The van der Waals surface area contributed by atoms with Crippen molar-refractivity contribution < 1.29 is 4.79 Å². The van der Waals surface area contributed by atoms with E-state index >= 15 is 0 Å². The van der Waals surface area contributed by atoms with Gasteiger partial charge in [-0.2, -0.15) is 0 Å². The van der Waals surface area contributed by atoms with Gasteiger partial charge < -0.3 is 10.2 Å². The van der Waals surface area contributed by atoms with E-state index in [-0.39, 0.29) is 23.7 Å².